The van der Waals surface area contributed by atoms with Crippen LogP contribution in [0.4, 0.5) is 0 Å². The predicted molar refractivity (Wildman–Crippen MR) is 85.3 cm³/mol. The molecule has 2 fully saturated rings. The van der Waals surface area contributed by atoms with Gasteiger partial charge in [-0.3, -0.25) is 0 Å². The first-order valence-corrected chi connectivity index (χ1v) is 8.63. The zero-order valence-corrected chi connectivity index (χ0v) is 13.5. The summed E-state index contributed by atoms with van der Waals surface area (Å²) in [7, 11) is 1.65. The quantitative estimate of drug-likeness (QED) is 0.833. The molecule has 3 aliphatic rings. The Morgan fingerprint density at radius 3 is 2.77 bits per heavy atom. The zero-order valence-electron chi connectivity index (χ0n) is 13.5. The number of hydrogen-bond acceptors (Lipinski definition) is 3. The minimum Gasteiger partial charge on any atom is -0.504 e. The first-order chi connectivity index (χ1) is 10.6. The third-order valence-corrected chi connectivity index (χ3v) is 6.99. The molecule has 3 unspecified atom stereocenters. The molecule has 120 valence electrons. The highest BCUT2D eigenvalue weighted by molar-refractivity contribution is 5.52. The van der Waals surface area contributed by atoms with Crippen molar-refractivity contribution in [1.82, 2.24) is 0 Å². The van der Waals surface area contributed by atoms with Crippen LogP contribution < -0.4 is 4.74 Å². The Labute approximate surface area is 132 Å². The average molecular weight is 302 g/mol. The molecule has 4 rings (SSSR count). The summed E-state index contributed by atoms with van der Waals surface area (Å²) in [5.41, 5.74) is 2.72. The van der Waals surface area contributed by atoms with Crippen LogP contribution in [0, 0.1) is 17.3 Å². The lowest BCUT2D eigenvalue weighted by atomic mass is 9.55. The van der Waals surface area contributed by atoms with Crippen LogP contribution in [0.5, 0.6) is 11.5 Å². The van der Waals surface area contributed by atoms with Gasteiger partial charge >= 0.3 is 0 Å². The second kappa shape index (κ2) is 4.89. The van der Waals surface area contributed by atoms with E-state index in [2.05, 4.69) is 13.0 Å². The van der Waals surface area contributed by atoms with Crippen molar-refractivity contribution >= 4 is 0 Å². The van der Waals surface area contributed by atoms with E-state index in [1.165, 1.54) is 17.5 Å². The Kier molecular flexibility index (Phi) is 3.19. The molecule has 0 amide bonds. The van der Waals surface area contributed by atoms with Crippen molar-refractivity contribution in [2.45, 2.75) is 57.5 Å². The van der Waals surface area contributed by atoms with Gasteiger partial charge in [-0.25, -0.2) is 0 Å². The second-order valence-electron chi connectivity index (χ2n) is 7.74. The third kappa shape index (κ3) is 1.78. The maximum atomic E-state index is 10.4. The molecule has 3 nitrogen and oxygen atoms in total. The Morgan fingerprint density at radius 1 is 1.18 bits per heavy atom. The van der Waals surface area contributed by atoms with E-state index < -0.39 is 0 Å². The Balaban J connectivity index is 1.74. The normalized spacial score (nSPS) is 39.8. The van der Waals surface area contributed by atoms with E-state index in [1.54, 1.807) is 13.2 Å². The molecule has 0 spiro atoms. The SMILES string of the molecule is COc1c(O)ccc2c1CCC1C2CC[C@@]2(C)C1CC[C@@H]2O. The second-order valence-corrected chi connectivity index (χ2v) is 7.74. The zero-order chi connectivity index (χ0) is 15.5. The number of hydrogen-bond donors (Lipinski definition) is 2. The van der Waals surface area contributed by atoms with Gasteiger partial charge in [0.15, 0.2) is 11.5 Å². The van der Waals surface area contributed by atoms with Gasteiger partial charge in [0.05, 0.1) is 13.2 Å². The van der Waals surface area contributed by atoms with E-state index in [4.69, 9.17) is 4.74 Å². The van der Waals surface area contributed by atoms with E-state index in [0.717, 1.165) is 32.1 Å². The van der Waals surface area contributed by atoms with Gasteiger partial charge in [-0.05, 0) is 73.3 Å². The number of phenols is 1. The van der Waals surface area contributed by atoms with Gasteiger partial charge < -0.3 is 14.9 Å². The molecule has 0 aromatic heterocycles. The molecule has 3 heteroatoms. The van der Waals surface area contributed by atoms with Gasteiger partial charge in [-0.15, -0.1) is 0 Å². The molecule has 0 radical (unpaired) electrons. The number of fused-ring (bicyclic) bond motifs is 5. The highest BCUT2D eigenvalue weighted by Gasteiger charge is 2.54. The molecule has 2 N–H and O–H groups in total. The van der Waals surface area contributed by atoms with Crippen LogP contribution in [0.15, 0.2) is 12.1 Å². The monoisotopic (exact) mass is 302 g/mol. The number of rotatable bonds is 1. The summed E-state index contributed by atoms with van der Waals surface area (Å²) in [6.45, 7) is 2.30. The average Bonchev–Trinajstić information content (AvgIpc) is 2.82. The summed E-state index contributed by atoms with van der Waals surface area (Å²) >= 11 is 0. The Bertz CT molecular complexity index is 597. The van der Waals surface area contributed by atoms with Crippen LogP contribution in [-0.2, 0) is 6.42 Å². The van der Waals surface area contributed by atoms with Crippen LogP contribution in [0.3, 0.4) is 0 Å². The van der Waals surface area contributed by atoms with Gasteiger partial charge in [0.2, 0.25) is 0 Å². The van der Waals surface area contributed by atoms with Crippen molar-refractivity contribution < 1.29 is 14.9 Å². The van der Waals surface area contributed by atoms with E-state index in [1.807, 2.05) is 0 Å². The topological polar surface area (TPSA) is 49.7 Å². The lowest BCUT2D eigenvalue weighted by Crippen LogP contribution is -2.43. The summed E-state index contributed by atoms with van der Waals surface area (Å²) in [6, 6.07) is 3.90. The molecule has 2 saturated carbocycles. The Morgan fingerprint density at radius 2 is 2.00 bits per heavy atom. The van der Waals surface area contributed by atoms with E-state index in [-0.39, 0.29) is 17.3 Å². The predicted octanol–water partition coefficient (Wildman–Crippen LogP) is 3.62. The van der Waals surface area contributed by atoms with Crippen molar-refractivity contribution in [3.8, 4) is 11.5 Å². The molecule has 22 heavy (non-hydrogen) atoms. The molecule has 0 aliphatic heterocycles. The molecule has 0 heterocycles. The molecule has 1 aromatic carbocycles. The molecular weight excluding hydrogens is 276 g/mol. The van der Waals surface area contributed by atoms with E-state index in [0.29, 0.717) is 23.5 Å². The van der Waals surface area contributed by atoms with Crippen LogP contribution in [0.2, 0.25) is 0 Å². The molecule has 1 aromatic rings. The first-order valence-electron chi connectivity index (χ1n) is 8.63. The lowest BCUT2D eigenvalue weighted by Gasteiger charge is -2.50. The number of aliphatic hydroxyl groups is 1. The fraction of sp³-hybridized carbons (Fsp3) is 0.684. The smallest absolute Gasteiger partial charge is 0.163 e. The van der Waals surface area contributed by atoms with Crippen molar-refractivity contribution in [1.29, 1.82) is 0 Å². The van der Waals surface area contributed by atoms with Crippen molar-refractivity contribution in [2.75, 3.05) is 7.11 Å². The summed E-state index contributed by atoms with van der Waals surface area (Å²) < 4.78 is 5.46. The van der Waals surface area contributed by atoms with Crippen LogP contribution in [0.25, 0.3) is 0 Å². The number of methoxy groups -OCH3 is 1. The van der Waals surface area contributed by atoms with Crippen LogP contribution in [-0.4, -0.2) is 23.4 Å². The summed E-state index contributed by atoms with van der Waals surface area (Å²) in [5.74, 6) is 2.83. The lowest BCUT2D eigenvalue weighted by molar-refractivity contribution is -0.0227. The van der Waals surface area contributed by atoms with Gasteiger partial charge in [0.1, 0.15) is 0 Å². The fourth-order valence-electron chi connectivity index (χ4n) is 5.82. The fourth-order valence-corrected chi connectivity index (χ4v) is 5.82. The highest BCUT2D eigenvalue weighted by Crippen LogP contribution is 2.61. The molecule has 0 bridgehead atoms. The minimum atomic E-state index is -0.116. The van der Waals surface area contributed by atoms with Gasteiger partial charge in [0, 0.05) is 5.56 Å². The summed E-state index contributed by atoms with van der Waals surface area (Å²) in [6.07, 6.45) is 6.42. The largest absolute Gasteiger partial charge is 0.504 e. The highest BCUT2D eigenvalue weighted by atomic mass is 16.5. The van der Waals surface area contributed by atoms with E-state index in [9.17, 15) is 10.2 Å². The first kappa shape index (κ1) is 14.4. The number of ether oxygens (including phenoxy) is 1. The van der Waals surface area contributed by atoms with Crippen LogP contribution in [0.1, 0.15) is 56.1 Å². The molecular formula is C19H26O3. The van der Waals surface area contributed by atoms with Gasteiger partial charge in [0.25, 0.3) is 0 Å². The van der Waals surface area contributed by atoms with Gasteiger partial charge in [-0.2, -0.15) is 0 Å². The van der Waals surface area contributed by atoms with Gasteiger partial charge in [-0.1, -0.05) is 13.0 Å². The maximum absolute atomic E-state index is 10.4. The number of phenolic OH excluding ortho intramolecular Hbond substituents is 1. The molecule has 3 aliphatic carbocycles. The molecule has 5 atom stereocenters. The molecule has 0 saturated heterocycles. The van der Waals surface area contributed by atoms with Crippen molar-refractivity contribution in [3.05, 3.63) is 23.3 Å². The number of aliphatic hydroxyl groups excluding tert-OH is 1. The minimum absolute atomic E-state index is 0.116. The Hall–Kier alpha value is -1.22. The third-order valence-electron chi connectivity index (χ3n) is 6.99. The summed E-state index contributed by atoms with van der Waals surface area (Å²) in [5, 5.41) is 20.5. The summed E-state index contributed by atoms with van der Waals surface area (Å²) in [4.78, 5) is 0. The van der Waals surface area contributed by atoms with Crippen molar-refractivity contribution in [2.24, 2.45) is 17.3 Å². The van der Waals surface area contributed by atoms with Crippen molar-refractivity contribution in [3.63, 3.8) is 0 Å². The number of aromatic hydroxyl groups is 1. The number of benzene rings is 1. The van der Waals surface area contributed by atoms with Crippen LogP contribution >= 0.6 is 0 Å². The maximum Gasteiger partial charge on any atom is 0.163 e. The standard InChI is InChI=1S/C19H26O3/c1-19-10-9-12-11-5-7-16(20)18(22-2)14(11)4-3-13(12)15(19)6-8-17(19)21/h5,7,12-13,15,17,20-21H,3-4,6,8-10H2,1-2H3/t12?,13?,15?,17-,19-/m0/s1. The van der Waals surface area contributed by atoms with E-state index >= 15 is 0 Å².